The normalized spacial score (nSPS) is 10.3. The highest BCUT2D eigenvalue weighted by Crippen LogP contribution is 2.13. The molecule has 0 fully saturated rings. The first-order valence-electron chi connectivity index (χ1n) is 6.05. The lowest BCUT2D eigenvalue weighted by molar-refractivity contribution is 0.0947. The van der Waals surface area contributed by atoms with E-state index in [0.29, 0.717) is 11.1 Å². The molecule has 5 heteroatoms. The molecule has 0 radical (unpaired) electrons. The van der Waals surface area contributed by atoms with Crippen molar-refractivity contribution in [2.45, 2.75) is 13.5 Å². The number of nitrogen functional groups attached to an aromatic ring is 1. The van der Waals surface area contributed by atoms with Gasteiger partial charge >= 0.3 is 0 Å². The molecule has 2 aromatic rings. The lowest BCUT2D eigenvalue weighted by Gasteiger charge is -2.07. The summed E-state index contributed by atoms with van der Waals surface area (Å²) < 4.78 is 26.9. The average Bonchev–Trinajstić information content (AvgIpc) is 2.40. The number of nitrogens with one attached hydrogen (secondary N) is 1. The Kier molecular flexibility index (Phi) is 3.98. The molecule has 20 heavy (non-hydrogen) atoms. The number of anilines is 1. The number of nitrogens with two attached hydrogens (primary N) is 1. The Bertz CT molecular complexity index is 656. The predicted octanol–water partition coefficient (Wildman–Crippen LogP) is 2.79. The summed E-state index contributed by atoms with van der Waals surface area (Å²) in [7, 11) is 0. The van der Waals surface area contributed by atoms with E-state index >= 15 is 0 Å². The van der Waals surface area contributed by atoms with Crippen molar-refractivity contribution in [1.82, 2.24) is 5.32 Å². The first-order chi connectivity index (χ1) is 9.47. The SMILES string of the molecule is Cc1ccc(CNC(=O)c2ccc(N)cc2F)cc1F. The highest BCUT2D eigenvalue weighted by molar-refractivity contribution is 5.94. The van der Waals surface area contributed by atoms with Gasteiger partial charge in [0.05, 0.1) is 5.56 Å². The minimum Gasteiger partial charge on any atom is -0.399 e. The van der Waals surface area contributed by atoms with Crippen LogP contribution in [0.5, 0.6) is 0 Å². The summed E-state index contributed by atoms with van der Waals surface area (Å²) in [4.78, 5) is 11.8. The van der Waals surface area contributed by atoms with Crippen molar-refractivity contribution in [3.05, 3.63) is 64.7 Å². The van der Waals surface area contributed by atoms with Gasteiger partial charge in [-0.05, 0) is 42.3 Å². The van der Waals surface area contributed by atoms with Crippen LogP contribution in [0.25, 0.3) is 0 Å². The van der Waals surface area contributed by atoms with Gasteiger partial charge in [-0.3, -0.25) is 4.79 Å². The zero-order chi connectivity index (χ0) is 14.7. The Morgan fingerprint density at radius 3 is 2.55 bits per heavy atom. The van der Waals surface area contributed by atoms with E-state index in [1.165, 1.54) is 18.2 Å². The topological polar surface area (TPSA) is 55.1 Å². The number of hydrogen-bond donors (Lipinski definition) is 2. The maximum atomic E-state index is 13.5. The van der Waals surface area contributed by atoms with Gasteiger partial charge in [0.25, 0.3) is 5.91 Å². The number of amides is 1. The smallest absolute Gasteiger partial charge is 0.254 e. The third kappa shape index (κ3) is 3.12. The molecule has 0 aliphatic heterocycles. The Labute approximate surface area is 115 Å². The Morgan fingerprint density at radius 2 is 1.90 bits per heavy atom. The number of aryl methyl sites for hydroxylation is 1. The second-order valence-electron chi connectivity index (χ2n) is 4.51. The summed E-state index contributed by atoms with van der Waals surface area (Å²) in [5.74, 6) is -1.59. The third-order valence-corrected chi connectivity index (χ3v) is 2.93. The van der Waals surface area contributed by atoms with Gasteiger partial charge in [-0.2, -0.15) is 0 Å². The minimum atomic E-state index is -0.683. The van der Waals surface area contributed by atoms with Gasteiger partial charge in [0.15, 0.2) is 0 Å². The standard InChI is InChI=1S/C15H14F2N2O/c1-9-2-3-10(6-13(9)16)8-19-15(20)12-5-4-11(18)7-14(12)17/h2-7H,8,18H2,1H3,(H,19,20). The van der Waals surface area contributed by atoms with Crippen LogP contribution in [0.2, 0.25) is 0 Å². The van der Waals surface area contributed by atoms with Crippen LogP contribution >= 0.6 is 0 Å². The van der Waals surface area contributed by atoms with Crippen molar-refractivity contribution in [2.24, 2.45) is 0 Å². The maximum Gasteiger partial charge on any atom is 0.254 e. The van der Waals surface area contributed by atoms with E-state index in [-0.39, 0.29) is 23.6 Å². The summed E-state index contributed by atoms with van der Waals surface area (Å²) in [5, 5.41) is 2.54. The van der Waals surface area contributed by atoms with Crippen molar-refractivity contribution in [3.63, 3.8) is 0 Å². The number of hydrogen-bond acceptors (Lipinski definition) is 2. The fourth-order valence-corrected chi connectivity index (χ4v) is 1.74. The second kappa shape index (κ2) is 5.69. The molecule has 0 saturated carbocycles. The van der Waals surface area contributed by atoms with Crippen LogP contribution in [-0.4, -0.2) is 5.91 Å². The molecule has 0 unspecified atom stereocenters. The molecule has 2 aromatic carbocycles. The van der Waals surface area contributed by atoms with Gasteiger partial charge in [-0.1, -0.05) is 12.1 Å². The first kappa shape index (κ1) is 14.0. The van der Waals surface area contributed by atoms with Crippen LogP contribution in [0.3, 0.4) is 0 Å². The molecule has 0 aliphatic rings. The lowest BCUT2D eigenvalue weighted by atomic mass is 10.1. The highest BCUT2D eigenvalue weighted by atomic mass is 19.1. The van der Waals surface area contributed by atoms with Crippen LogP contribution in [0.4, 0.5) is 14.5 Å². The van der Waals surface area contributed by atoms with E-state index in [9.17, 15) is 13.6 Å². The number of halogens is 2. The van der Waals surface area contributed by atoms with Crippen molar-refractivity contribution in [1.29, 1.82) is 0 Å². The Morgan fingerprint density at radius 1 is 1.15 bits per heavy atom. The van der Waals surface area contributed by atoms with E-state index in [0.717, 1.165) is 6.07 Å². The quantitative estimate of drug-likeness (QED) is 0.847. The molecule has 104 valence electrons. The summed E-state index contributed by atoms with van der Waals surface area (Å²) in [5.41, 5.74) is 6.71. The van der Waals surface area contributed by atoms with Crippen LogP contribution < -0.4 is 11.1 Å². The van der Waals surface area contributed by atoms with Crippen molar-refractivity contribution in [2.75, 3.05) is 5.73 Å². The zero-order valence-electron chi connectivity index (χ0n) is 10.9. The Hall–Kier alpha value is -2.43. The molecule has 0 aliphatic carbocycles. The van der Waals surface area contributed by atoms with Crippen molar-refractivity contribution in [3.8, 4) is 0 Å². The molecule has 3 nitrogen and oxygen atoms in total. The highest BCUT2D eigenvalue weighted by Gasteiger charge is 2.11. The van der Waals surface area contributed by atoms with Crippen molar-refractivity contribution < 1.29 is 13.6 Å². The minimum absolute atomic E-state index is 0.0909. The molecule has 2 rings (SSSR count). The molecule has 0 heterocycles. The van der Waals surface area contributed by atoms with E-state index in [4.69, 9.17) is 5.73 Å². The summed E-state index contributed by atoms with van der Waals surface area (Å²) in [6.45, 7) is 1.78. The maximum absolute atomic E-state index is 13.5. The van der Waals surface area contributed by atoms with E-state index in [2.05, 4.69) is 5.32 Å². The molecule has 0 aromatic heterocycles. The largest absolute Gasteiger partial charge is 0.399 e. The molecular formula is C15H14F2N2O. The van der Waals surface area contributed by atoms with Gasteiger partial charge in [0.2, 0.25) is 0 Å². The fraction of sp³-hybridized carbons (Fsp3) is 0.133. The number of rotatable bonds is 3. The van der Waals surface area contributed by atoms with Crippen LogP contribution in [0, 0.1) is 18.6 Å². The fourth-order valence-electron chi connectivity index (χ4n) is 1.74. The molecule has 0 bridgehead atoms. The van der Waals surface area contributed by atoms with Crippen LogP contribution in [0.15, 0.2) is 36.4 Å². The predicted molar refractivity (Wildman–Crippen MR) is 73.1 cm³/mol. The van der Waals surface area contributed by atoms with Crippen molar-refractivity contribution >= 4 is 11.6 Å². The summed E-state index contributed by atoms with van der Waals surface area (Å²) >= 11 is 0. The van der Waals surface area contributed by atoms with Gasteiger partial charge in [-0.15, -0.1) is 0 Å². The molecule has 0 atom stereocenters. The van der Waals surface area contributed by atoms with Gasteiger partial charge in [-0.25, -0.2) is 8.78 Å². The molecular weight excluding hydrogens is 262 g/mol. The van der Waals surface area contributed by atoms with Gasteiger partial charge < -0.3 is 11.1 Å². The second-order valence-corrected chi connectivity index (χ2v) is 4.51. The number of carbonyl (C=O) groups excluding carboxylic acids is 1. The number of carbonyl (C=O) groups is 1. The molecule has 1 amide bonds. The lowest BCUT2D eigenvalue weighted by Crippen LogP contribution is -2.24. The van der Waals surface area contributed by atoms with E-state index in [1.54, 1.807) is 19.1 Å². The first-order valence-corrected chi connectivity index (χ1v) is 6.05. The molecule has 3 N–H and O–H groups in total. The van der Waals surface area contributed by atoms with Gasteiger partial charge in [0.1, 0.15) is 11.6 Å². The zero-order valence-corrected chi connectivity index (χ0v) is 10.9. The summed E-state index contributed by atoms with van der Waals surface area (Å²) in [6, 6.07) is 8.52. The molecule has 0 spiro atoms. The third-order valence-electron chi connectivity index (χ3n) is 2.93. The Balaban J connectivity index is 2.06. The van der Waals surface area contributed by atoms with E-state index < -0.39 is 11.7 Å². The van der Waals surface area contributed by atoms with Crippen LogP contribution in [-0.2, 0) is 6.54 Å². The van der Waals surface area contributed by atoms with E-state index in [1.807, 2.05) is 0 Å². The van der Waals surface area contributed by atoms with Crippen LogP contribution in [0.1, 0.15) is 21.5 Å². The monoisotopic (exact) mass is 276 g/mol. The summed E-state index contributed by atoms with van der Waals surface area (Å²) in [6.07, 6.45) is 0. The average molecular weight is 276 g/mol. The molecule has 0 saturated heterocycles. The number of benzene rings is 2. The van der Waals surface area contributed by atoms with Gasteiger partial charge in [0, 0.05) is 12.2 Å².